The SMILES string of the molecule is CC(C)(C)OC(=O)C(C)(C)O/N=C(\C(=O)NC1C(=O)N2C(C(=O)OC(c3ccccc3)c3ccccc3)=C(S)CS[C@H]12)c1csc(NC(c2ccccc2)(c2ccccc2)c2ccccc2)n1. The number of β-lactam (4-membered cyclic amide) rings is 1. The molecule has 15 heteroatoms. The molecular formula is C52H49N5O7S3. The van der Waals surface area contributed by atoms with Gasteiger partial charge >= 0.3 is 11.9 Å². The summed E-state index contributed by atoms with van der Waals surface area (Å²) in [6.45, 7) is 8.17. The lowest BCUT2D eigenvalue weighted by atomic mass is 9.77. The van der Waals surface area contributed by atoms with E-state index in [1.165, 1.54) is 41.8 Å². The smallest absolute Gasteiger partial charge is 0.356 e. The van der Waals surface area contributed by atoms with Crippen LogP contribution in [0.2, 0.25) is 0 Å². The summed E-state index contributed by atoms with van der Waals surface area (Å²) < 4.78 is 11.8. The normalized spacial score (nSPS) is 16.4. The van der Waals surface area contributed by atoms with Crippen molar-refractivity contribution in [3.8, 4) is 0 Å². The quantitative estimate of drug-likeness (QED) is 0.0227. The maximum absolute atomic E-state index is 14.6. The number of rotatable bonds is 15. The predicted octanol–water partition coefficient (Wildman–Crippen LogP) is 9.26. The van der Waals surface area contributed by atoms with Gasteiger partial charge in [-0.05, 0) is 62.4 Å². The van der Waals surface area contributed by atoms with Crippen LogP contribution in [0.1, 0.15) is 74.2 Å². The molecule has 2 aliphatic rings. The van der Waals surface area contributed by atoms with Crippen molar-refractivity contribution in [2.45, 2.75) is 68.9 Å². The first-order valence-corrected chi connectivity index (χ1v) is 23.9. The van der Waals surface area contributed by atoms with E-state index in [4.69, 9.17) is 19.3 Å². The molecule has 2 aliphatic heterocycles. The molecule has 2 atom stereocenters. The fraction of sp³-hybridized carbons (Fsp3) is 0.231. The summed E-state index contributed by atoms with van der Waals surface area (Å²) in [5.41, 5.74) is 0.737. The van der Waals surface area contributed by atoms with E-state index in [-0.39, 0.29) is 22.9 Å². The fourth-order valence-electron chi connectivity index (χ4n) is 7.73. The van der Waals surface area contributed by atoms with Gasteiger partial charge in [-0.3, -0.25) is 14.5 Å². The number of amides is 2. The molecule has 5 aromatic carbocycles. The molecule has 2 N–H and O–H groups in total. The van der Waals surface area contributed by atoms with E-state index in [1.54, 1.807) is 26.2 Å². The molecule has 67 heavy (non-hydrogen) atoms. The Hall–Kier alpha value is -6.68. The average molecular weight is 952 g/mol. The number of thiol groups is 1. The van der Waals surface area contributed by atoms with Crippen molar-refractivity contribution in [1.82, 2.24) is 15.2 Å². The Bertz CT molecular complexity index is 2660. The van der Waals surface area contributed by atoms with Crippen molar-refractivity contribution in [1.29, 1.82) is 0 Å². The second-order valence-corrected chi connectivity index (χ2v) is 19.8. The van der Waals surface area contributed by atoms with Gasteiger partial charge in [0.2, 0.25) is 5.60 Å². The summed E-state index contributed by atoms with van der Waals surface area (Å²) in [7, 11) is 0. The molecule has 8 rings (SSSR count). The number of hydrogen-bond acceptors (Lipinski definition) is 13. The molecule has 2 amide bonds. The number of nitrogens with one attached hydrogen (secondary N) is 2. The Labute approximate surface area is 403 Å². The Kier molecular flexibility index (Phi) is 13.7. The highest BCUT2D eigenvalue weighted by atomic mass is 32.2. The minimum Gasteiger partial charge on any atom is -0.457 e. The summed E-state index contributed by atoms with van der Waals surface area (Å²) in [6.07, 6.45) is -0.761. The van der Waals surface area contributed by atoms with Gasteiger partial charge in [0.25, 0.3) is 11.8 Å². The van der Waals surface area contributed by atoms with Gasteiger partial charge in [0, 0.05) is 16.0 Å². The predicted molar refractivity (Wildman–Crippen MR) is 264 cm³/mol. The molecule has 1 fully saturated rings. The minimum absolute atomic E-state index is 0.00438. The number of hydrogen-bond donors (Lipinski definition) is 3. The zero-order valence-electron chi connectivity index (χ0n) is 37.4. The van der Waals surface area contributed by atoms with Crippen molar-refractivity contribution in [2.75, 3.05) is 11.1 Å². The van der Waals surface area contributed by atoms with Gasteiger partial charge in [-0.15, -0.1) is 35.7 Å². The van der Waals surface area contributed by atoms with E-state index in [2.05, 4.69) is 28.4 Å². The largest absolute Gasteiger partial charge is 0.457 e. The maximum Gasteiger partial charge on any atom is 0.356 e. The number of nitrogens with zero attached hydrogens (tertiary/aromatic N) is 3. The molecule has 0 aliphatic carbocycles. The summed E-state index contributed by atoms with van der Waals surface area (Å²) in [6, 6.07) is 47.5. The summed E-state index contributed by atoms with van der Waals surface area (Å²) >= 11 is 7.21. The number of thioether (sulfide) groups is 1. The first-order valence-electron chi connectivity index (χ1n) is 21.5. The number of thiazole rings is 1. The first-order chi connectivity index (χ1) is 32.2. The molecule has 0 bridgehead atoms. The molecule has 6 aromatic rings. The van der Waals surface area contributed by atoms with Gasteiger partial charge in [-0.1, -0.05) is 157 Å². The van der Waals surface area contributed by atoms with Gasteiger partial charge in [0.1, 0.15) is 33.9 Å². The Balaban J connectivity index is 1.09. The van der Waals surface area contributed by atoms with Crippen molar-refractivity contribution in [3.05, 3.63) is 201 Å². The molecule has 1 aromatic heterocycles. The second-order valence-electron chi connectivity index (χ2n) is 17.3. The highest BCUT2D eigenvalue weighted by molar-refractivity contribution is 8.01. The zero-order chi connectivity index (χ0) is 47.3. The van der Waals surface area contributed by atoms with E-state index in [0.717, 1.165) is 27.8 Å². The number of anilines is 1. The Morgan fingerprint density at radius 2 is 1.25 bits per heavy atom. The summed E-state index contributed by atoms with van der Waals surface area (Å²) in [4.78, 5) is 68.6. The van der Waals surface area contributed by atoms with Crippen LogP contribution >= 0.6 is 35.7 Å². The molecule has 0 saturated carbocycles. The van der Waals surface area contributed by atoms with Crippen LogP contribution in [0.4, 0.5) is 5.13 Å². The van der Waals surface area contributed by atoms with Gasteiger partial charge in [0.15, 0.2) is 16.9 Å². The van der Waals surface area contributed by atoms with Crippen LogP contribution in [0.25, 0.3) is 0 Å². The monoisotopic (exact) mass is 951 g/mol. The summed E-state index contributed by atoms with van der Waals surface area (Å²) in [5, 5.41) is 12.2. The zero-order valence-corrected chi connectivity index (χ0v) is 39.9. The molecule has 0 radical (unpaired) electrons. The highest BCUT2D eigenvalue weighted by Crippen LogP contribution is 2.43. The lowest BCUT2D eigenvalue weighted by molar-refractivity contribution is -0.179. The molecule has 0 spiro atoms. The Morgan fingerprint density at radius 1 is 0.761 bits per heavy atom. The molecule has 1 saturated heterocycles. The van der Waals surface area contributed by atoms with E-state index in [0.29, 0.717) is 10.0 Å². The van der Waals surface area contributed by atoms with E-state index in [9.17, 15) is 19.2 Å². The number of esters is 2. The third kappa shape index (κ3) is 10.0. The van der Waals surface area contributed by atoms with Crippen LogP contribution < -0.4 is 10.6 Å². The minimum atomic E-state index is -1.64. The number of fused-ring (bicyclic) bond motifs is 1. The van der Waals surface area contributed by atoms with Crippen molar-refractivity contribution < 1.29 is 33.5 Å². The number of oxime groups is 1. The number of aromatic nitrogens is 1. The molecule has 342 valence electrons. The first kappa shape index (κ1) is 46.8. The van der Waals surface area contributed by atoms with Gasteiger partial charge < -0.3 is 24.9 Å². The molecule has 1 unspecified atom stereocenters. The number of carbonyl (C=O) groups is 4. The van der Waals surface area contributed by atoms with Gasteiger partial charge in [0.05, 0.1) is 0 Å². The Morgan fingerprint density at radius 3 is 1.75 bits per heavy atom. The second kappa shape index (κ2) is 19.7. The molecule has 12 nitrogen and oxygen atoms in total. The lowest BCUT2D eigenvalue weighted by Crippen LogP contribution is -2.71. The van der Waals surface area contributed by atoms with Crippen LogP contribution in [0.15, 0.2) is 173 Å². The topological polar surface area (TPSA) is 149 Å². The number of carbonyl (C=O) groups excluding carboxylic acids is 4. The summed E-state index contributed by atoms with van der Waals surface area (Å²) in [5.74, 6) is -2.51. The van der Waals surface area contributed by atoms with Crippen molar-refractivity contribution in [3.63, 3.8) is 0 Å². The lowest BCUT2D eigenvalue weighted by Gasteiger charge is -2.49. The number of benzene rings is 5. The van der Waals surface area contributed by atoms with Gasteiger partial charge in [-0.2, -0.15) is 0 Å². The third-order valence-corrected chi connectivity index (χ3v) is 13.6. The van der Waals surface area contributed by atoms with Crippen molar-refractivity contribution >= 4 is 70.3 Å². The van der Waals surface area contributed by atoms with Crippen LogP contribution in [0, 0.1) is 0 Å². The number of ether oxygens (including phenoxy) is 2. The fourth-order valence-corrected chi connectivity index (χ4v) is 10.1. The van der Waals surface area contributed by atoms with Crippen LogP contribution in [0.3, 0.4) is 0 Å². The van der Waals surface area contributed by atoms with Crippen LogP contribution in [-0.4, -0.2) is 67.7 Å². The average Bonchev–Trinajstić information content (AvgIpc) is 3.80. The van der Waals surface area contributed by atoms with E-state index in [1.807, 2.05) is 152 Å². The molecular weight excluding hydrogens is 903 g/mol. The maximum atomic E-state index is 14.6. The standard InChI is InChI=1S/C52H49N5O7S3/c1-50(2,3)63-48(61)51(4,5)64-56-40(38-31-67-49(53-38)55-52(35-25-15-8-16-26-35,36-27-17-9-18-28-36)37-29-19-10-20-30-37)44(58)54-41-45(59)57-42(39(65)32-66-46(41)57)47(60)62-43(33-21-11-6-12-22-33)34-23-13-7-14-24-34/h6-31,41,43,46,65H,32H2,1-5H3,(H,53,55)(H,54,58)/b56-40-/t41?,46-/m1/s1. The van der Waals surface area contributed by atoms with Crippen LogP contribution in [0.5, 0.6) is 0 Å². The van der Waals surface area contributed by atoms with E-state index >= 15 is 0 Å². The highest BCUT2D eigenvalue weighted by Gasteiger charge is 2.55. The third-order valence-electron chi connectivity index (χ3n) is 11.0. The van der Waals surface area contributed by atoms with Crippen LogP contribution in [-0.2, 0) is 39.0 Å². The van der Waals surface area contributed by atoms with E-state index < -0.39 is 58.0 Å². The van der Waals surface area contributed by atoms with Crippen molar-refractivity contribution in [2.24, 2.45) is 5.16 Å². The molecule has 3 heterocycles. The van der Waals surface area contributed by atoms with Gasteiger partial charge in [-0.25, -0.2) is 14.6 Å².